The van der Waals surface area contributed by atoms with E-state index in [2.05, 4.69) is 9.97 Å². The van der Waals surface area contributed by atoms with Gasteiger partial charge in [0.05, 0.1) is 11.3 Å². The lowest BCUT2D eigenvalue weighted by Crippen LogP contribution is -2.11. The zero-order valence-electron chi connectivity index (χ0n) is 17.5. The smallest absolute Gasteiger partial charge is 0.228 e. The molecule has 2 aromatic heterocycles. The minimum atomic E-state index is -4.98. The summed E-state index contributed by atoms with van der Waals surface area (Å²) in [7, 11) is -3.96. The zero-order chi connectivity index (χ0) is 26.5. The summed E-state index contributed by atoms with van der Waals surface area (Å²) in [4.78, 5) is 8.01. The molecule has 0 aliphatic carbocycles. The third-order valence-electron chi connectivity index (χ3n) is 4.85. The number of thiophene rings is 1. The van der Waals surface area contributed by atoms with Gasteiger partial charge in [-0.15, -0.1) is 11.3 Å². The Morgan fingerprint density at radius 3 is 2.06 bits per heavy atom. The van der Waals surface area contributed by atoms with Crippen molar-refractivity contribution in [2.45, 2.75) is 16.6 Å². The normalized spacial score (nSPS) is 12.7. The van der Waals surface area contributed by atoms with Gasteiger partial charge < -0.3 is 0 Å². The number of sulfonamides is 1. The molecule has 4 rings (SSSR count). The highest BCUT2D eigenvalue weighted by Crippen LogP contribution is 2.37. The summed E-state index contributed by atoms with van der Waals surface area (Å²) in [6.07, 6.45) is -9.92. The summed E-state index contributed by atoms with van der Waals surface area (Å²) >= 11 is 0.842. The molecule has 0 aliphatic rings. The molecule has 0 fully saturated rings. The van der Waals surface area contributed by atoms with Crippen LogP contribution >= 0.6 is 11.3 Å². The molecule has 2 N–H and O–H groups in total. The Bertz CT molecular complexity index is 1560. The van der Waals surface area contributed by atoms with Crippen molar-refractivity contribution in [3.63, 3.8) is 0 Å². The average Bonchev–Trinajstić information content (AvgIpc) is 3.28. The van der Waals surface area contributed by atoms with Gasteiger partial charge >= 0.3 is 12.4 Å². The van der Waals surface area contributed by atoms with E-state index < -0.39 is 51.0 Å². The van der Waals surface area contributed by atoms with E-state index in [9.17, 15) is 39.2 Å². The largest absolute Gasteiger partial charge is 0.433 e. The standard InChI is InChI=1S/C22H12F7N3O2S2/c23-15-9-11(4-5-14(15)21(24,25)26)16-10-18(22(27,28)29)32-20(31-16)13-3-1-2-12(8-13)17-6-7-19(35-17)36(30,33)34/h1-10H,(H2,30,33,34). The number of hydrogen-bond acceptors (Lipinski definition) is 5. The van der Waals surface area contributed by atoms with Gasteiger partial charge in [-0.05, 0) is 42.0 Å². The van der Waals surface area contributed by atoms with Gasteiger partial charge in [-0.1, -0.05) is 24.3 Å². The number of hydrogen-bond donors (Lipinski definition) is 1. The molecular formula is C22H12F7N3O2S2. The maximum absolute atomic E-state index is 14.1. The van der Waals surface area contributed by atoms with E-state index in [1.165, 1.54) is 30.3 Å². The number of nitrogens with two attached hydrogens (primary N) is 1. The maximum Gasteiger partial charge on any atom is 0.433 e. The second-order valence-electron chi connectivity index (χ2n) is 7.40. The molecule has 2 heterocycles. The molecule has 4 aromatic rings. The van der Waals surface area contributed by atoms with Crippen molar-refractivity contribution < 1.29 is 39.2 Å². The number of primary sulfonamides is 1. The summed E-state index contributed by atoms with van der Waals surface area (Å²) in [5.74, 6) is -2.09. The number of benzene rings is 2. The predicted octanol–water partition coefficient (Wildman–Crippen LogP) is 6.36. The van der Waals surface area contributed by atoms with Crippen LogP contribution in [0.1, 0.15) is 11.3 Å². The molecule has 36 heavy (non-hydrogen) atoms. The van der Waals surface area contributed by atoms with Crippen LogP contribution in [0.2, 0.25) is 0 Å². The molecule has 5 nitrogen and oxygen atoms in total. The number of rotatable bonds is 4. The van der Waals surface area contributed by atoms with Gasteiger partial charge in [-0.25, -0.2) is 27.9 Å². The molecule has 0 radical (unpaired) electrons. The summed E-state index contributed by atoms with van der Waals surface area (Å²) in [5, 5.41) is 5.11. The molecule has 0 saturated carbocycles. The monoisotopic (exact) mass is 547 g/mol. The van der Waals surface area contributed by atoms with E-state index in [1.54, 1.807) is 6.07 Å². The van der Waals surface area contributed by atoms with Crippen LogP contribution in [0.25, 0.3) is 33.1 Å². The first-order valence-electron chi connectivity index (χ1n) is 9.70. The van der Waals surface area contributed by atoms with Gasteiger partial charge in [0, 0.05) is 16.0 Å². The lowest BCUT2D eigenvalue weighted by molar-refractivity contribution is -0.141. The Morgan fingerprint density at radius 2 is 1.47 bits per heavy atom. The molecule has 0 atom stereocenters. The van der Waals surface area contributed by atoms with Crippen molar-refractivity contribution in [2.24, 2.45) is 5.14 Å². The van der Waals surface area contributed by atoms with Crippen LogP contribution in [0.5, 0.6) is 0 Å². The quantitative estimate of drug-likeness (QED) is 0.301. The van der Waals surface area contributed by atoms with E-state index in [0.29, 0.717) is 28.6 Å². The Kier molecular flexibility index (Phi) is 6.39. The predicted molar refractivity (Wildman–Crippen MR) is 118 cm³/mol. The Hall–Kier alpha value is -3.36. The molecule has 0 unspecified atom stereocenters. The molecule has 2 aromatic carbocycles. The van der Waals surface area contributed by atoms with Gasteiger partial charge in [-0.3, -0.25) is 0 Å². The maximum atomic E-state index is 14.1. The van der Waals surface area contributed by atoms with Crippen LogP contribution < -0.4 is 5.14 Å². The summed E-state index contributed by atoms with van der Waals surface area (Å²) in [6.45, 7) is 0. The van der Waals surface area contributed by atoms with Gasteiger partial charge in [-0.2, -0.15) is 26.3 Å². The van der Waals surface area contributed by atoms with Crippen LogP contribution in [-0.4, -0.2) is 18.4 Å². The van der Waals surface area contributed by atoms with Crippen LogP contribution in [0.15, 0.2) is 64.9 Å². The van der Waals surface area contributed by atoms with Crippen molar-refractivity contribution in [2.75, 3.05) is 0 Å². The summed E-state index contributed by atoms with van der Waals surface area (Å²) in [6, 6.07) is 10.8. The van der Waals surface area contributed by atoms with Crippen LogP contribution in [0.3, 0.4) is 0 Å². The molecular weight excluding hydrogens is 535 g/mol. The fraction of sp³-hybridized carbons (Fsp3) is 0.0909. The minimum absolute atomic E-state index is 0.0952. The first-order chi connectivity index (χ1) is 16.6. The van der Waals surface area contributed by atoms with E-state index >= 15 is 0 Å². The third kappa shape index (κ3) is 5.39. The van der Waals surface area contributed by atoms with Crippen LogP contribution in [0.4, 0.5) is 30.7 Å². The molecule has 0 aliphatic heterocycles. The fourth-order valence-corrected chi connectivity index (χ4v) is 4.94. The van der Waals surface area contributed by atoms with E-state index in [4.69, 9.17) is 5.14 Å². The molecule has 188 valence electrons. The number of aromatic nitrogens is 2. The molecule has 0 saturated heterocycles. The minimum Gasteiger partial charge on any atom is -0.228 e. The van der Waals surface area contributed by atoms with Crippen LogP contribution in [-0.2, 0) is 22.4 Å². The lowest BCUT2D eigenvalue weighted by Gasteiger charge is -2.13. The molecule has 0 spiro atoms. The Labute approximate surface area is 203 Å². The number of halogens is 7. The van der Waals surface area contributed by atoms with Crippen LogP contribution in [0, 0.1) is 5.82 Å². The van der Waals surface area contributed by atoms with Crippen molar-refractivity contribution >= 4 is 21.4 Å². The first-order valence-corrected chi connectivity index (χ1v) is 12.1. The highest BCUT2D eigenvalue weighted by atomic mass is 32.2. The highest BCUT2D eigenvalue weighted by molar-refractivity contribution is 7.91. The summed E-state index contributed by atoms with van der Waals surface area (Å²) < 4.78 is 116. The summed E-state index contributed by atoms with van der Waals surface area (Å²) in [5.41, 5.74) is -3.20. The van der Waals surface area contributed by atoms with Crippen molar-refractivity contribution in [1.82, 2.24) is 9.97 Å². The van der Waals surface area contributed by atoms with E-state index in [0.717, 1.165) is 17.4 Å². The number of nitrogens with zero attached hydrogens (tertiary/aromatic N) is 2. The second-order valence-corrected chi connectivity index (χ2v) is 10.3. The molecule has 0 amide bonds. The van der Waals surface area contributed by atoms with Gasteiger partial charge in [0.15, 0.2) is 5.82 Å². The molecule has 14 heteroatoms. The SMILES string of the molecule is NS(=O)(=O)c1ccc(-c2cccc(-c3nc(-c4ccc(C(F)(F)F)c(F)c4)cc(C(F)(F)F)n3)c2)s1. The van der Waals surface area contributed by atoms with Gasteiger partial charge in [0.1, 0.15) is 15.7 Å². The number of alkyl halides is 6. The highest BCUT2D eigenvalue weighted by Gasteiger charge is 2.35. The van der Waals surface area contributed by atoms with E-state index in [1.807, 2.05) is 0 Å². The van der Waals surface area contributed by atoms with Crippen molar-refractivity contribution in [3.8, 4) is 33.1 Å². The van der Waals surface area contributed by atoms with Gasteiger partial charge in [0.25, 0.3) is 0 Å². The zero-order valence-corrected chi connectivity index (χ0v) is 19.2. The van der Waals surface area contributed by atoms with E-state index in [-0.39, 0.29) is 15.3 Å². The van der Waals surface area contributed by atoms with Gasteiger partial charge in [0.2, 0.25) is 10.0 Å². The second kappa shape index (κ2) is 8.94. The lowest BCUT2D eigenvalue weighted by atomic mass is 10.1. The average molecular weight is 547 g/mol. The Morgan fingerprint density at radius 1 is 0.778 bits per heavy atom. The third-order valence-corrected chi connectivity index (χ3v) is 7.43. The Balaban J connectivity index is 1.83. The van der Waals surface area contributed by atoms with Crippen molar-refractivity contribution in [3.05, 3.63) is 77.7 Å². The first kappa shape index (κ1) is 25.7. The fourth-order valence-electron chi connectivity index (χ4n) is 3.21. The molecule has 0 bridgehead atoms. The topological polar surface area (TPSA) is 85.9 Å². The van der Waals surface area contributed by atoms with Crippen molar-refractivity contribution in [1.29, 1.82) is 0 Å².